The molecule has 1 saturated heterocycles. The van der Waals surface area contributed by atoms with Crippen LogP contribution in [0.1, 0.15) is 12.8 Å². The summed E-state index contributed by atoms with van der Waals surface area (Å²) >= 11 is 0. The fourth-order valence-electron chi connectivity index (χ4n) is 1.63. The summed E-state index contributed by atoms with van der Waals surface area (Å²) in [4.78, 5) is 11.6. The van der Waals surface area contributed by atoms with Gasteiger partial charge in [-0.05, 0) is 26.4 Å². The van der Waals surface area contributed by atoms with Crippen LogP contribution < -0.4 is 15.4 Å². The SMILES string of the molecule is CNS(=O)(=O)CCNC(=O)[C@@H]1CCCNC1. The van der Waals surface area contributed by atoms with Gasteiger partial charge in [-0.15, -0.1) is 0 Å². The molecule has 7 heteroatoms. The Morgan fingerprint density at radius 2 is 2.25 bits per heavy atom. The van der Waals surface area contributed by atoms with Crippen LogP contribution in [-0.2, 0) is 14.8 Å². The first-order valence-corrected chi connectivity index (χ1v) is 7.10. The fraction of sp³-hybridized carbons (Fsp3) is 0.889. The Hall–Kier alpha value is -0.660. The molecule has 0 bridgehead atoms. The Bertz CT molecular complexity index is 323. The second-order valence-corrected chi connectivity index (χ2v) is 5.90. The second-order valence-electron chi connectivity index (χ2n) is 3.86. The maximum absolute atomic E-state index is 11.6. The van der Waals surface area contributed by atoms with Gasteiger partial charge in [0.2, 0.25) is 15.9 Å². The number of sulfonamides is 1. The molecule has 0 aromatic carbocycles. The standard InChI is InChI=1S/C9H19N3O3S/c1-10-16(14,15)6-5-12-9(13)8-3-2-4-11-7-8/h8,10-11H,2-7H2,1H3,(H,12,13)/t8-/m1/s1. The average molecular weight is 249 g/mol. The molecule has 0 saturated carbocycles. The predicted octanol–water partition coefficient (Wildman–Crippen LogP) is -1.35. The van der Waals surface area contributed by atoms with Crippen LogP contribution in [0, 0.1) is 5.92 Å². The Labute approximate surface area is 96.2 Å². The fourth-order valence-corrected chi connectivity index (χ4v) is 2.21. The van der Waals surface area contributed by atoms with Crippen LogP contribution in [0.15, 0.2) is 0 Å². The predicted molar refractivity (Wildman–Crippen MR) is 61.4 cm³/mol. The zero-order chi connectivity index (χ0) is 12.0. The first-order chi connectivity index (χ1) is 7.55. The van der Waals surface area contributed by atoms with E-state index in [2.05, 4.69) is 15.4 Å². The van der Waals surface area contributed by atoms with E-state index in [9.17, 15) is 13.2 Å². The maximum atomic E-state index is 11.6. The topological polar surface area (TPSA) is 87.3 Å². The highest BCUT2D eigenvalue weighted by Gasteiger charge is 2.20. The van der Waals surface area contributed by atoms with E-state index in [4.69, 9.17) is 0 Å². The smallest absolute Gasteiger partial charge is 0.224 e. The summed E-state index contributed by atoms with van der Waals surface area (Å²) in [5, 5.41) is 5.79. The van der Waals surface area contributed by atoms with Gasteiger partial charge in [-0.3, -0.25) is 4.79 Å². The zero-order valence-electron chi connectivity index (χ0n) is 9.45. The lowest BCUT2D eigenvalue weighted by Crippen LogP contribution is -2.42. The third kappa shape index (κ3) is 4.46. The van der Waals surface area contributed by atoms with Gasteiger partial charge in [-0.1, -0.05) is 0 Å². The molecule has 94 valence electrons. The molecule has 3 N–H and O–H groups in total. The van der Waals surface area contributed by atoms with E-state index >= 15 is 0 Å². The van der Waals surface area contributed by atoms with E-state index in [0.29, 0.717) is 6.54 Å². The first kappa shape index (κ1) is 13.4. The largest absolute Gasteiger partial charge is 0.355 e. The molecule has 1 atom stereocenters. The van der Waals surface area contributed by atoms with Gasteiger partial charge >= 0.3 is 0 Å². The van der Waals surface area contributed by atoms with Gasteiger partial charge in [0.15, 0.2) is 0 Å². The summed E-state index contributed by atoms with van der Waals surface area (Å²) in [7, 11) is -1.86. The summed E-state index contributed by atoms with van der Waals surface area (Å²) in [6.45, 7) is 1.81. The highest BCUT2D eigenvalue weighted by atomic mass is 32.2. The van der Waals surface area contributed by atoms with Crippen molar-refractivity contribution in [1.82, 2.24) is 15.4 Å². The van der Waals surface area contributed by atoms with E-state index in [-0.39, 0.29) is 24.1 Å². The molecule has 16 heavy (non-hydrogen) atoms. The molecule has 1 aliphatic heterocycles. The lowest BCUT2D eigenvalue weighted by Gasteiger charge is -2.21. The van der Waals surface area contributed by atoms with Gasteiger partial charge in [0.1, 0.15) is 0 Å². The molecule has 0 radical (unpaired) electrons. The third-order valence-electron chi connectivity index (χ3n) is 2.65. The van der Waals surface area contributed by atoms with Crippen molar-refractivity contribution in [2.75, 3.05) is 32.4 Å². The van der Waals surface area contributed by atoms with E-state index in [1.807, 2.05) is 0 Å². The lowest BCUT2D eigenvalue weighted by molar-refractivity contribution is -0.125. The molecule has 0 spiro atoms. The van der Waals surface area contributed by atoms with Gasteiger partial charge < -0.3 is 10.6 Å². The molecule has 0 aliphatic carbocycles. The molecule has 0 aromatic rings. The molecule has 1 heterocycles. The third-order valence-corrected chi connectivity index (χ3v) is 4.01. The molecule has 1 aliphatic rings. The normalized spacial score (nSPS) is 21.7. The highest BCUT2D eigenvalue weighted by Crippen LogP contribution is 2.09. The number of rotatable bonds is 5. The van der Waals surface area contributed by atoms with Gasteiger partial charge in [0.05, 0.1) is 11.7 Å². The van der Waals surface area contributed by atoms with Gasteiger partial charge in [-0.2, -0.15) is 0 Å². The van der Waals surface area contributed by atoms with Crippen molar-refractivity contribution in [1.29, 1.82) is 0 Å². The number of hydrogen-bond donors (Lipinski definition) is 3. The highest BCUT2D eigenvalue weighted by molar-refractivity contribution is 7.89. The van der Waals surface area contributed by atoms with E-state index in [0.717, 1.165) is 19.4 Å². The Morgan fingerprint density at radius 3 is 2.81 bits per heavy atom. The van der Waals surface area contributed by atoms with Crippen molar-refractivity contribution in [2.24, 2.45) is 5.92 Å². The van der Waals surface area contributed by atoms with Crippen molar-refractivity contribution < 1.29 is 13.2 Å². The molecular formula is C9H19N3O3S. The summed E-state index contributed by atoms with van der Waals surface area (Å²) < 4.78 is 24.4. The minimum absolute atomic E-state index is 0.0222. The zero-order valence-corrected chi connectivity index (χ0v) is 10.3. The minimum atomic E-state index is -3.23. The molecular weight excluding hydrogens is 230 g/mol. The molecule has 0 aromatic heterocycles. The molecule has 1 rings (SSSR count). The van der Waals surface area contributed by atoms with Crippen LogP contribution in [0.4, 0.5) is 0 Å². The number of amides is 1. The van der Waals surface area contributed by atoms with Crippen molar-refractivity contribution in [3.63, 3.8) is 0 Å². The quantitative estimate of drug-likeness (QED) is 0.562. The number of hydrogen-bond acceptors (Lipinski definition) is 4. The number of carbonyl (C=O) groups excluding carboxylic acids is 1. The van der Waals surface area contributed by atoms with Crippen LogP contribution in [0.3, 0.4) is 0 Å². The van der Waals surface area contributed by atoms with Gasteiger partial charge in [0.25, 0.3) is 0 Å². The van der Waals surface area contributed by atoms with E-state index in [1.165, 1.54) is 7.05 Å². The van der Waals surface area contributed by atoms with Gasteiger partial charge in [0, 0.05) is 13.1 Å². The van der Waals surface area contributed by atoms with Crippen LogP contribution in [-0.4, -0.2) is 46.8 Å². The summed E-state index contributed by atoms with van der Waals surface area (Å²) in [6, 6.07) is 0. The Balaban J connectivity index is 2.24. The molecule has 1 fully saturated rings. The number of piperidine rings is 1. The van der Waals surface area contributed by atoms with Crippen molar-refractivity contribution in [3.05, 3.63) is 0 Å². The van der Waals surface area contributed by atoms with Crippen molar-refractivity contribution >= 4 is 15.9 Å². The Morgan fingerprint density at radius 1 is 1.50 bits per heavy atom. The monoisotopic (exact) mass is 249 g/mol. The summed E-state index contributed by atoms with van der Waals surface area (Å²) in [5.41, 5.74) is 0. The van der Waals surface area contributed by atoms with Gasteiger partial charge in [-0.25, -0.2) is 13.1 Å². The molecule has 6 nitrogen and oxygen atoms in total. The minimum Gasteiger partial charge on any atom is -0.355 e. The lowest BCUT2D eigenvalue weighted by atomic mass is 9.99. The summed E-state index contributed by atoms with van der Waals surface area (Å²) in [5.74, 6) is -0.153. The van der Waals surface area contributed by atoms with Crippen LogP contribution in [0.25, 0.3) is 0 Å². The molecule has 0 unspecified atom stereocenters. The van der Waals surface area contributed by atoms with Crippen LogP contribution >= 0.6 is 0 Å². The summed E-state index contributed by atoms with van der Waals surface area (Å²) in [6.07, 6.45) is 1.87. The van der Waals surface area contributed by atoms with Crippen molar-refractivity contribution in [2.45, 2.75) is 12.8 Å². The first-order valence-electron chi connectivity index (χ1n) is 5.45. The maximum Gasteiger partial charge on any atom is 0.224 e. The van der Waals surface area contributed by atoms with E-state index < -0.39 is 10.0 Å². The number of nitrogens with one attached hydrogen (secondary N) is 3. The van der Waals surface area contributed by atoms with E-state index in [1.54, 1.807) is 0 Å². The molecule has 1 amide bonds. The average Bonchev–Trinajstić information content (AvgIpc) is 2.30. The Kier molecular flexibility index (Phi) is 5.17. The second kappa shape index (κ2) is 6.17. The van der Waals surface area contributed by atoms with Crippen molar-refractivity contribution in [3.8, 4) is 0 Å². The van der Waals surface area contributed by atoms with Crippen LogP contribution in [0.2, 0.25) is 0 Å². The van der Waals surface area contributed by atoms with Crippen LogP contribution in [0.5, 0.6) is 0 Å². The number of carbonyl (C=O) groups is 1.